The van der Waals surface area contributed by atoms with Gasteiger partial charge in [0.1, 0.15) is 6.04 Å². The van der Waals surface area contributed by atoms with Crippen molar-refractivity contribution in [2.75, 3.05) is 0 Å². The molecule has 0 fully saturated rings. The summed E-state index contributed by atoms with van der Waals surface area (Å²) >= 11 is 0. The maximum Gasteiger partial charge on any atom is 0.255 e. The van der Waals surface area contributed by atoms with E-state index in [4.69, 9.17) is 0 Å². The third kappa shape index (κ3) is 3.51. The number of fused-ring (bicyclic) bond motifs is 2. The van der Waals surface area contributed by atoms with Crippen LogP contribution in [-0.4, -0.2) is 22.3 Å². The number of benzene rings is 3. The molecule has 1 heterocycles. The molecule has 1 unspecified atom stereocenters. The molecule has 0 saturated heterocycles. The van der Waals surface area contributed by atoms with Gasteiger partial charge in [0, 0.05) is 17.6 Å². The summed E-state index contributed by atoms with van der Waals surface area (Å²) in [7, 11) is 0. The molecule has 2 amide bonds. The van der Waals surface area contributed by atoms with Crippen molar-refractivity contribution >= 4 is 22.6 Å². The highest BCUT2D eigenvalue weighted by molar-refractivity contribution is 6.09. The lowest BCUT2D eigenvalue weighted by molar-refractivity contribution is -0.127. The predicted octanol–water partition coefficient (Wildman–Crippen LogP) is 4.76. The molecule has 1 aliphatic rings. The molecule has 0 aliphatic carbocycles. The van der Waals surface area contributed by atoms with E-state index >= 15 is 0 Å². The van der Waals surface area contributed by atoms with Crippen molar-refractivity contribution < 1.29 is 9.59 Å². The molecule has 29 heavy (non-hydrogen) atoms. The Bertz CT molecular complexity index is 1100. The Kier molecular flexibility index (Phi) is 4.65. The summed E-state index contributed by atoms with van der Waals surface area (Å²) in [6.07, 6.45) is 0. The van der Waals surface area contributed by atoms with Crippen LogP contribution in [0.15, 0.2) is 60.7 Å². The quantitative estimate of drug-likeness (QED) is 0.705. The van der Waals surface area contributed by atoms with Crippen molar-refractivity contribution in [3.05, 3.63) is 82.9 Å². The van der Waals surface area contributed by atoms with Gasteiger partial charge in [-0.2, -0.15) is 0 Å². The number of carbonyl (C=O) groups excluding carboxylic acids is 2. The van der Waals surface area contributed by atoms with E-state index in [0.717, 1.165) is 27.5 Å². The first-order valence-electron chi connectivity index (χ1n) is 9.95. The number of hydrogen-bond acceptors (Lipinski definition) is 2. The fourth-order valence-corrected chi connectivity index (χ4v) is 4.15. The van der Waals surface area contributed by atoms with Crippen LogP contribution in [0, 0.1) is 6.92 Å². The van der Waals surface area contributed by atoms with Crippen LogP contribution in [0.4, 0.5) is 0 Å². The molecular weight excluding hydrogens is 360 g/mol. The van der Waals surface area contributed by atoms with Gasteiger partial charge in [-0.25, -0.2) is 0 Å². The summed E-state index contributed by atoms with van der Waals surface area (Å²) in [5, 5.41) is 5.17. The van der Waals surface area contributed by atoms with Gasteiger partial charge >= 0.3 is 0 Å². The summed E-state index contributed by atoms with van der Waals surface area (Å²) in [4.78, 5) is 28.5. The third-order valence-electron chi connectivity index (χ3n) is 5.36. The van der Waals surface area contributed by atoms with Crippen LogP contribution >= 0.6 is 0 Å². The number of nitrogens with zero attached hydrogens (tertiary/aromatic N) is 1. The van der Waals surface area contributed by atoms with Crippen LogP contribution in [0.5, 0.6) is 0 Å². The second kappa shape index (κ2) is 7.03. The lowest BCUT2D eigenvalue weighted by atomic mass is 9.93. The molecule has 0 bridgehead atoms. The van der Waals surface area contributed by atoms with Crippen molar-refractivity contribution in [3.63, 3.8) is 0 Å². The van der Waals surface area contributed by atoms with Gasteiger partial charge in [-0.1, -0.05) is 54.6 Å². The van der Waals surface area contributed by atoms with Crippen molar-refractivity contribution in [1.29, 1.82) is 0 Å². The Hall–Kier alpha value is -3.14. The normalized spacial score (nSPS) is 16.2. The van der Waals surface area contributed by atoms with E-state index in [1.165, 1.54) is 0 Å². The first-order valence-corrected chi connectivity index (χ1v) is 9.95. The minimum Gasteiger partial charge on any atom is -0.349 e. The zero-order chi connectivity index (χ0) is 20.8. The van der Waals surface area contributed by atoms with E-state index in [1.807, 2.05) is 88.4 Å². The zero-order valence-electron chi connectivity index (χ0n) is 17.3. The fourth-order valence-electron chi connectivity index (χ4n) is 4.15. The van der Waals surface area contributed by atoms with Gasteiger partial charge < -0.3 is 10.2 Å². The van der Waals surface area contributed by atoms with Crippen molar-refractivity contribution in [2.24, 2.45) is 0 Å². The Labute approximate surface area is 171 Å². The Morgan fingerprint density at radius 1 is 1.03 bits per heavy atom. The molecule has 148 valence electrons. The first kappa shape index (κ1) is 19.2. The van der Waals surface area contributed by atoms with Crippen molar-refractivity contribution in [1.82, 2.24) is 10.2 Å². The number of carbonyl (C=O) groups is 2. The van der Waals surface area contributed by atoms with Crippen LogP contribution in [0.2, 0.25) is 0 Å². The van der Waals surface area contributed by atoms with Gasteiger partial charge in [-0.3, -0.25) is 9.59 Å². The SMILES string of the molecule is Cc1c2c(cc3ccccc13)C(C(=O)NC(C)(C)C)N(Cc1ccccc1)C2=O. The summed E-state index contributed by atoms with van der Waals surface area (Å²) in [5.74, 6) is -0.226. The molecule has 0 saturated carbocycles. The number of amides is 2. The van der Waals surface area contributed by atoms with Gasteiger partial charge in [-0.05, 0) is 61.2 Å². The second-order valence-corrected chi connectivity index (χ2v) is 8.75. The summed E-state index contributed by atoms with van der Waals surface area (Å²) in [5.41, 5.74) is 3.02. The number of hydrogen-bond donors (Lipinski definition) is 1. The lowest BCUT2D eigenvalue weighted by Crippen LogP contribution is -2.46. The van der Waals surface area contributed by atoms with Crippen LogP contribution in [0.25, 0.3) is 10.8 Å². The highest BCUT2D eigenvalue weighted by Gasteiger charge is 2.43. The molecule has 4 rings (SSSR count). The Morgan fingerprint density at radius 2 is 1.69 bits per heavy atom. The van der Waals surface area contributed by atoms with Gasteiger partial charge in [-0.15, -0.1) is 0 Å². The van der Waals surface area contributed by atoms with Gasteiger partial charge in [0.15, 0.2) is 0 Å². The molecular formula is C25H26N2O2. The smallest absolute Gasteiger partial charge is 0.255 e. The largest absolute Gasteiger partial charge is 0.349 e. The molecule has 3 aromatic rings. The summed E-state index contributed by atoms with van der Waals surface area (Å²) in [6, 6.07) is 19.2. The highest BCUT2D eigenvalue weighted by atomic mass is 16.2. The minimum absolute atomic E-state index is 0.0823. The van der Waals surface area contributed by atoms with E-state index in [1.54, 1.807) is 4.90 Å². The first-order chi connectivity index (χ1) is 13.8. The monoisotopic (exact) mass is 386 g/mol. The standard InChI is InChI=1S/C25H26N2O2/c1-16-19-13-9-8-12-18(19)14-20-21(16)24(29)27(15-17-10-6-5-7-11-17)22(20)23(28)26-25(2,3)4/h5-14,22H,15H2,1-4H3,(H,26,28). The van der Waals surface area contributed by atoms with Crippen molar-refractivity contribution in [3.8, 4) is 0 Å². The molecule has 4 nitrogen and oxygen atoms in total. The minimum atomic E-state index is -0.639. The number of aryl methyl sites for hydroxylation is 1. The van der Waals surface area contributed by atoms with Gasteiger partial charge in [0.05, 0.1) is 0 Å². The third-order valence-corrected chi connectivity index (χ3v) is 5.36. The van der Waals surface area contributed by atoms with Crippen LogP contribution in [0.1, 0.15) is 53.9 Å². The fraction of sp³-hybridized carbons (Fsp3) is 0.280. The Balaban J connectivity index is 1.86. The van der Waals surface area contributed by atoms with E-state index in [2.05, 4.69) is 5.32 Å². The van der Waals surface area contributed by atoms with E-state index in [-0.39, 0.29) is 17.4 Å². The maximum absolute atomic E-state index is 13.5. The molecule has 0 radical (unpaired) electrons. The Morgan fingerprint density at radius 3 is 2.38 bits per heavy atom. The van der Waals surface area contributed by atoms with Crippen LogP contribution in [-0.2, 0) is 11.3 Å². The molecule has 1 N–H and O–H groups in total. The average Bonchev–Trinajstić information content (AvgIpc) is 2.93. The zero-order valence-corrected chi connectivity index (χ0v) is 17.3. The molecule has 4 heteroatoms. The number of rotatable bonds is 3. The highest BCUT2D eigenvalue weighted by Crippen LogP contribution is 2.40. The number of nitrogens with one attached hydrogen (secondary N) is 1. The predicted molar refractivity (Wildman–Crippen MR) is 116 cm³/mol. The van der Waals surface area contributed by atoms with Gasteiger partial charge in [0.25, 0.3) is 5.91 Å². The summed E-state index contributed by atoms with van der Waals surface area (Å²) < 4.78 is 0. The summed E-state index contributed by atoms with van der Waals surface area (Å²) in [6.45, 7) is 8.23. The molecule has 1 atom stereocenters. The van der Waals surface area contributed by atoms with E-state index < -0.39 is 6.04 Å². The van der Waals surface area contributed by atoms with Crippen LogP contribution < -0.4 is 5.32 Å². The average molecular weight is 386 g/mol. The van der Waals surface area contributed by atoms with Crippen molar-refractivity contribution in [2.45, 2.75) is 45.8 Å². The molecule has 3 aromatic carbocycles. The van der Waals surface area contributed by atoms with Gasteiger partial charge in [0.2, 0.25) is 5.91 Å². The topological polar surface area (TPSA) is 49.4 Å². The molecule has 1 aliphatic heterocycles. The maximum atomic E-state index is 13.5. The van der Waals surface area contributed by atoms with Crippen LogP contribution in [0.3, 0.4) is 0 Å². The second-order valence-electron chi connectivity index (χ2n) is 8.75. The lowest BCUT2D eigenvalue weighted by Gasteiger charge is -2.29. The molecule has 0 aromatic heterocycles. The van der Waals surface area contributed by atoms with E-state index in [9.17, 15) is 9.59 Å². The molecule has 0 spiro atoms. The van der Waals surface area contributed by atoms with E-state index in [0.29, 0.717) is 12.1 Å².